The van der Waals surface area contributed by atoms with E-state index in [0.717, 1.165) is 5.69 Å². The summed E-state index contributed by atoms with van der Waals surface area (Å²) in [4.78, 5) is 7.04. The number of hydrogen-bond acceptors (Lipinski definition) is 4. The fraction of sp³-hybridized carbons (Fsp3) is 0.538. The van der Waals surface area contributed by atoms with Gasteiger partial charge < -0.3 is 0 Å². The third-order valence-electron chi connectivity index (χ3n) is 4.30. The summed E-state index contributed by atoms with van der Waals surface area (Å²) in [5.74, 6) is 0.714. The Bertz CT molecular complexity index is 448. The molecule has 1 aromatic rings. The molecule has 2 atom stereocenters. The Morgan fingerprint density at radius 1 is 1.24 bits per heavy atom. The zero-order valence-corrected chi connectivity index (χ0v) is 9.71. The van der Waals surface area contributed by atoms with Gasteiger partial charge >= 0.3 is 0 Å². The summed E-state index contributed by atoms with van der Waals surface area (Å²) in [6, 6.07) is 6.83. The van der Waals surface area contributed by atoms with Gasteiger partial charge in [0.05, 0.1) is 17.4 Å². The Kier molecular flexibility index (Phi) is 1.99. The van der Waals surface area contributed by atoms with E-state index < -0.39 is 0 Å². The Morgan fingerprint density at radius 3 is 2.88 bits per heavy atom. The van der Waals surface area contributed by atoms with E-state index in [1.807, 2.05) is 12.3 Å². The molecule has 0 saturated carbocycles. The number of rotatable bonds is 1. The summed E-state index contributed by atoms with van der Waals surface area (Å²) >= 11 is 0. The molecule has 4 nitrogen and oxygen atoms in total. The van der Waals surface area contributed by atoms with E-state index >= 15 is 0 Å². The summed E-state index contributed by atoms with van der Waals surface area (Å²) in [7, 11) is 0. The zero-order chi connectivity index (χ0) is 11.2. The van der Waals surface area contributed by atoms with E-state index in [9.17, 15) is 0 Å². The van der Waals surface area contributed by atoms with Crippen molar-refractivity contribution in [1.82, 2.24) is 15.3 Å². The normalized spacial score (nSPS) is 38.5. The summed E-state index contributed by atoms with van der Waals surface area (Å²) in [5.41, 5.74) is 5.79. The number of nitrogens with zero attached hydrogens (tertiary/aromatic N) is 3. The first-order valence-electron chi connectivity index (χ1n) is 6.41. The first-order valence-corrected chi connectivity index (χ1v) is 6.41. The van der Waals surface area contributed by atoms with Crippen LogP contribution in [0.25, 0.3) is 0 Å². The van der Waals surface area contributed by atoms with E-state index in [1.54, 1.807) is 0 Å². The number of aromatic nitrogens is 1. The van der Waals surface area contributed by atoms with Gasteiger partial charge in [-0.25, -0.2) is 0 Å². The minimum Gasteiger partial charge on any atom is -0.299 e. The minimum atomic E-state index is 0.259. The second-order valence-electron chi connectivity index (χ2n) is 5.15. The van der Waals surface area contributed by atoms with Gasteiger partial charge in [-0.1, -0.05) is 6.07 Å². The van der Waals surface area contributed by atoms with Gasteiger partial charge in [0, 0.05) is 12.1 Å². The van der Waals surface area contributed by atoms with Gasteiger partial charge in [-0.3, -0.25) is 15.3 Å². The molecule has 4 heteroatoms. The van der Waals surface area contributed by atoms with Crippen molar-refractivity contribution in [3.8, 4) is 0 Å². The Morgan fingerprint density at radius 2 is 2.12 bits per heavy atom. The van der Waals surface area contributed by atoms with Crippen LogP contribution < -0.4 is 5.43 Å². The van der Waals surface area contributed by atoms with Gasteiger partial charge in [0.1, 0.15) is 6.04 Å². The van der Waals surface area contributed by atoms with Crippen LogP contribution in [0.2, 0.25) is 0 Å². The van der Waals surface area contributed by atoms with Crippen LogP contribution in [-0.4, -0.2) is 34.7 Å². The number of hydrazone groups is 1. The van der Waals surface area contributed by atoms with E-state index in [0.29, 0.717) is 12.0 Å². The lowest BCUT2D eigenvalue weighted by Crippen LogP contribution is -2.56. The maximum Gasteiger partial charge on any atom is 0.107 e. The third-order valence-corrected chi connectivity index (χ3v) is 4.30. The molecular formula is C13H16N4. The van der Waals surface area contributed by atoms with Crippen LogP contribution in [0.3, 0.4) is 0 Å². The van der Waals surface area contributed by atoms with Crippen LogP contribution in [-0.2, 0) is 0 Å². The van der Waals surface area contributed by atoms with Gasteiger partial charge in [-0.05, 0) is 38.1 Å². The van der Waals surface area contributed by atoms with Crippen LogP contribution in [0.4, 0.5) is 0 Å². The van der Waals surface area contributed by atoms with Crippen molar-refractivity contribution >= 4 is 5.71 Å². The third kappa shape index (κ3) is 1.33. The smallest absolute Gasteiger partial charge is 0.107 e. The molecule has 1 N–H and O–H groups in total. The maximum atomic E-state index is 4.58. The molecular weight excluding hydrogens is 212 g/mol. The fourth-order valence-corrected chi connectivity index (χ4v) is 3.44. The van der Waals surface area contributed by atoms with E-state index in [-0.39, 0.29) is 6.04 Å². The molecule has 5 heterocycles. The number of pyridine rings is 1. The molecule has 0 aromatic carbocycles. The standard InChI is InChI=1S/C13H16N4/c1-2-6-14-10(3-1)12-13-11(15-16-12)9-4-7-17(13)8-5-9/h1-3,6,9,12-13,16H,4-5,7-8H2. The summed E-state index contributed by atoms with van der Waals surface area (Å²) in [6.07, 6.45) is 4.43. The van der Waals surface area contributed by atoms with E-state index in [2.05, 4.69) is 32.5 Å². The van der Waals surface area contributed by atoms with E-state index in [1.165, 1.54) is 31.6 Å². The molecule has 17 heavy (non-hydrogen) atoms. The van der Waals surface area contributed by atoms with Gasteiger partial charge in [0.25, 0.3) is 0 Å². The highest BCUT2D eigenvalue weighted by atomic mass is 15.4. The summed E-state index contributed by atoms with van der Waals surface area (Å²) in [5, 5.41) is 4.58. The molecule has 3 saturated heterocycles. The van der Waals surface area contributed by atoms with Gasteiger partial charge in [0.2, 0.25) is 0 Å². The van der Waals surface area contributed by atoms with Crippen LogP contribution in [0, 0.1) is 5.92 Å². The molecule has 2 bridgehead atoms. The SMILES string of the molecule is c1ccc(C2NN=C3C4CCN(CC4)C32)nc1. The molecule has 2 unspecified atom stereocenters. The quantitative estimate of drug-likeness (QED) is 0.784. The number of piperidine rings is 3. The molecule has 3 fully saturated rings. The Labute approximate surface area is 101 Å². The van der Waals surface area contributed by atoms with Crippen molar-refractivity contribution in [2.24, 2.45) is 11.0 Å². The molecule has 4 aliphatic heterocycles. The van der Waals surface area contributed by atoms with Crippen LogP contribution in [0.1, 0.15) is 24.6 Å². The average Bonchev–Trinajstić information content (AvgIpc) is 2.88. The van der Waals surface area contributed by atoms with Gasteiger partial charge in [-0.15, -0.1) is 0 Å². The number of fused-ring (bicyclic) bond motifs is 2. The molecule has 5 rings (SSSR count). The molecule has 0 radical (unpaired) electrons. The predicted molar refractivity (Wildman–Crippen MR) is 65.6 cm³/mol. The highest BCUT2D eigenvalue weighted by Gasteiger charge is 2.47. The molecule has 4 aliphatic rings. The number of hydrogen-bond donors (Lipinski definition) is 1. The second-order valence-corrected chi connectivity index (χ2v) is 5.15. The minimum absolute atomic E-state index is 0.259. The highest BCUT2D eigenvalue weighted by molar-refractivity contribution is 5.95. The zero-order valence-electron chi connectivity index (χ0n) is 9.71. The Balaban J connectivity index is 1.69. The maximum absolute atomic E-state index is 4.58. The molecule has 1 aromatic heterocycles. The van der Waals surface area contributed by atoms with Crippen LogP contribution in [0.5, 0.6) is 0 Å². The van der Waals surface area contributed by atoms with Crippen molar-refractivity contribution in [3.05, 3.63) is 30.1 Å². The highest BCUT2D eigenvalue weighted by Crippen LogP contribution is 2.38. The molecule has 0 aliphatic carbocycles. The van der Waals surface area contributed by atoms with Crippen molar-refractivity contribution in [2.45, 2.75) is 24.9 Å². The predicted octanol–water partition coefficient (Wildman–Crippen LogP) is 1.18. The molecule has 0 spiro atoms. The first-order chi connectivity index (χ1) is 8.43. The van der Waals surface area contributed by atoms with Crippen LogP contribution >= 0.6 is 0 Å². The Hall–Kier alpha value is -1.42. The largest absolute Gasteiger partial charge is 0.299 e. The lowest BCUT2D eigenvalue weighted by molar-refractivity contribution is 0.133. The van der Waals surface area contributed by atoms with E-state index in [4.69, 9.17) is 0 Å². The van der Waals surface area contributed by atoms with Crippen LogP contribution in [0.15, 0.2) is 29.5 Å². The fourth-order valence-electron chi connectivity index (χ4n) is 3.44. The summed E-state index contributed by atoms with van der Waals surface area (Å²) < 4.78 is 0. The second kappa shape index (κ2) is 3.53. The summed E-state index contributed by atoms with van der Waals surface area (Å²) in [6.45, 7) is 2.44. The van der Waals surface area contributed by atoms with Gasteiger partial charge in [-0.2, -0.15) is 5.10 Å². The number of nitrogens with one attached hydrogen (secondary N) is 1. The van der Waals surface area contributed by atoms with Crippen molar-refractivity contribution in [2.75, 3.05) is 13.1 Å². The first kappa shape index (κ1) is 9.59. The monoisotopic (exact) mass is 228 g/mol. The van der Waals surface area contributed by atoms with Gasteiger partial charge in [0.15, 0.2) is 0 Å². The average molecular weight is 228 g/mol. The van der Waals surface area contributed by atoms with Crippen molar-refractivity contribution in [1.29, 1.82) is 0 Å². The lowest BCUT2D eigenvalue weighted by Gasteiger charge is -2.45. The molecule has 0 amide bonds. The topological polar surface area (TPSA) is 40.5 Å². The lowest BCUT2D eigenvalue weighted by atomic mass is 9.79. The molecule has 88 valence electrons. The van der Waals surface area contributed by atoms with Crippen molar-refractivity contribution in [3.63, 3.8) is 0 Å². The van der Waals surface area contributed by atoms with Crippen molar-refractivity contribution < 1.29 is 0 Å².